The van der Waals surface area contributed by atoms with Gasteiger partial charge in [-0.1, -0.05) is 41.2 Å². The monoisotopic (exact) mass is 641 g/mol. The third-order valence-corrected chi connectivity index (χ3v) is 9.42. The summed E-state index contributed by atoms with van der Waals surface area (Å²) in [7, 11) is 1.54. The maximum atomic E-state index is 13.2. The zero-order valence-corrected chi connectivity index (χ0v) is 25.3. The molecule has 0 spiro atoms. The predicted molar refractivity (Wildman–Crippen MR) is 161 cm³/mol. The first-order valence-corrected chi connectivity index (χ1v) is 15.7. The van der Waals surface area contributed by atoms with Crippen molar-refractivity contribution in [3.05, 3.63) is 57.8 Å². The second-order valence-electron chi connectivity index (χ2n) is 10.8. The summed E-state index contributed by atoms with van der Waals surface area (Å²) in [4.78, 5) is 35.2. The van der Waals surface area contributed by atoms with E-state index in [9.17, 15) is 18.4 Å². The zero-order chi connectivity index (χ0) is 30.7. The van der Waals surface area contributed by atoms with Crippen molar-refractivity contribution in [3.8, 4) is 5.88 Å². The van der Waals surface area contributed by atoms with E-state index >= 15 is 0 Å². The molecule has 2 unspecified atom stereocenters. The number of ether oxygens (including phenoxy) is 1. The van der Waals surface area contributed by atoms with E-state index in [0.29, 0.717) is 27.7 Å². The van der Waals surface area contributed by atoms with Gasteiger partial charge in [0.05, 0.1) is 38.7 Å². The number of pyridine rings is 2. The molecular weight excluding hydrogens is 612 g/mol. The second-order valence-corrected chi connectivity index (χ2v) is 12.8. The van der Waals surface area contributed by atoms with Crippen molar-refractivity contribution in [2.75, 3.05) is 35.7 Å². The van der Waals surface area contributed by atoms with E-state index in [2.05, 4.69) is 41.0 Å². The molecule has 4 aromatic rings. The number of methoxy groups -OCH3 is 1. The average Bonchev–Trinajstić information content (AvgIpc) is 3.66. The zero-order valence-electron chi connectivity index (χ0n) is 23.7. The molecule has 2 fully saturated rings. The molecular formula is C28H29F2N9O3S2. The maximum absolute atomic E-state index is 13.2. The largest absolute Gasteiger partial charge is 0.481 e. The lowest BCUT2D eigenvalue weighted by Crippen LogP contribution is -2.56. The topological polar surface area (TPSA) is 148 Å². The Labute approximate surface area is 259 Å². The molecule has 1 aliphatic heterocycles. The molecule has 44 heavy (non-hydrogen) atoms. The van der Waals surface area contributed by atoms with Crippen LogP contribution in [0.1, 0.15) is 58.8 Å². The van der Waals surface area contributed by atoms with Crippen LogP contribution in [0.25, 0.3) is 0 Å². The number of carbonyl (C=O) groups is 2. The number of aromatic nitrogens is 6. The maximum Gasteiger partial charge on any atom is 0.282 e. The summed E-state index contributed by atoms with van der Waals surface area (Å²) in [6.07, 6.45) is 5.46. The molecule has 0 bridgehead atoms. The summed E-state index contributed by atoms with van der Waals surface area (Å²) in [5, 5.41) is 25.3. The van der Waals surface area contributed by atoms with Gasteiger partial charge in [0.1, 0.15) is 15.8 Å². The molecule has 5 heterocycles. The number of hydrogen-bond acceptors (Lipinski definition) is 12. The molecule has 2 N–H and O–H groups in total. The van der Waals surface area contributed by atoms with Gasteiger partial charge in [-0.2, -0.15) is 0 Å². The molecule has 16 heteroatoms. The highest BCUT2D eigenvalue weighted by molar-refractivity contribution is 7.15. The summed E-state index contributed by atoms with van der Waals surface area (Å²) in [6, 6.07) is 8.56. The second kappa shape index (κ2) is 12.8. The lowest BCUT2D eigenvalue weighted by atomic mass is 9.82. The van der Waals surface area contributed by atoms with Crippen molar-refractivity contribution in [2.45, 2.75) is 56.3 Å². The third kappa shape index (κ3) is 7.30. The van der Waals surface area contributed by atoms with Gasteiger partial charge in [0, 0.05) is 24.1 Å². The van der Waals surface area contributed by atoms with Crippen LogP contribution in [0, 0.1) is 0 Å². The molecule has 2 aliphatic rings. The van der Waals surface area contributed by atoms with Crippen LogP contribution in [0.15, 0.2) is 36.5 Å². The highest BCUT2D eigenvalue weighted by atomic mass is 32.1. The van der Waals surface area contributed by atoms with E-state index in [1.807, 2.05) is 0 Å². The van der Waals surface area contributed by atoms with Crippen molar-refractivity contribution in [3.63, 3.8) is 0 Å². The number of nitrogens with zero attached hydrogens (tertiary/aromatic N) is 7. The van der Waals surface area contributed by atoms with Gasteiger partial charge in [-0.15, -0.1) is 20.4 Å². The number of nitrogens with one attached hydrogen (secondary N) is 2. The first-order valence-electron chi connectivity index (χ1n) is 14.1. The Morgan fingerprint density at radius 2 is 1.61 bits per heavy atom. The molecule has 0 radical (unpaired) electrons. The predicted octanol–water partition coefficient (Wildman–Crippen LogP) is 4.45. The van der Waals surface area contributed by atoms with Crippen LogP contribution in [0.5, 0.6) is 5.88 Å². The van der Waals surface area contributed by atoms with E-state index in [1.165, 1.54) is 34.7 Å². The average molecular weight is 642 g/mol. The van der Waals surface area contributed by atoms with Crippen LogP contribution >= 0.6 is 22.7 Å². The van der Waals surface area contributed by atoms with E-state index in [4.69, 9.17) is 4.74 Å². The van der Waals surface area contributed by atoms with Gasteiger partial charge in [0.15, 0.2) is 0 Å². The van der Waals surface area contributed by atoms with Gasteiger partial charge in [-0.3, -0.25) is 9.59 Å². The minimum Gasteiger partial charge on any atom is -0.481 e. The van der Waals surface area contributed by atoms with Gasteiger partial charge >= 0.3 is 0 Å². The fraction of sp³-hybridized carbons (Fsp3) is 0.429. The van der Waals surface area contributed by atoms with Gasteiger partial charge in [0.2, 0.25) is 28.0 Å². The van der Waals surface area contributed by atoms with Crippen molar-refractivity contribution < 1.29 is 23.1 Å². The van der Waals surface area contributed by atoms with Crippen LogP contribution in [-0.2, 0) is 22.4 Å². The molecule has 2 amide bonds. The standard InChI is InChI=1S/C28H29F2N9O3S2/c1-42-23-9-8-16(13-31-23)10-21(40)33-26-37-35-24(43-26)17-4-2-5-18(11-17)25-36-38-27(44-25)34-22(41)12-19-6-3-7-20(32-19)39-14-28(29,30)15-39/h3,6-9,13,17-18H,2,4-5,10-12,14-15H2,1H3,(H,33,37,40)(H,34,38,41). The summed E-state index contributed by atoms with van der Waals surface area (Å²) in [6.45, 7) is -0.739. The van der Waals surface area contributed by atoms with E-state index in [-0.39, 0.29) is 49.6 Å². The van der Waals surface area contributed by atoms with Crippen molar-refractivity contribution in [1.82, 2.24) is 30.4 Å². The van der Waals surface area contributed by atoms with Crippen LogP contribution in [-0.4, -0.2) is 68.3 Å². The first kappa shape index (κ1) is 29.9. The summed E-state index contributed by atoms with van der Waals surface area (Å²) in [5.41, 5.74) is 1.25. The Morgan fingerprint density at radius 3 is 2.20 bits per heavy atom. The van der Waals surface area contributed by atoms with Crippen molar-refractivity contribution in [1.29, 1.82) is 0 Å². The number of amides is 2. The Bertz CT molecular complexity index is 1620. The van der Waals surface area contributed by atoms with E-state index in [0.717, 1.165) is 41.3 Å². The molecule has 1 aliphatic carbocycles. The van der Waals surface area contributed by atoms with Crippen LogP contribution in [0.2, 0.25) is 0 Å². The Morgan fingerprint density at radius 1 is 0.955 bits per heavy atom. The van der Waals surface area contributed by atoms with Crippen molar-refractivity contribution >= 4 is 50.6 Å². The molecule has 2 atom stereocenters. The van der Waals surface area contributed by atoms with Gasteiger partial charge in [-0.05, 0) is 37.0 Å². The number of rotatable bonds is 10. The Kier molecular flexibility index (Phi) is 8.70. The lowest BCUT2D eigenvalue weighted by molar-refractivity contribution is -0.116. The molecule has 4 aromatic heterocycles. The Hall–Kier alpha value is -4.18. The van der Waals surface area contributed by atoms with E-state index < -0.39 is 5.92 Å². The fourth-order valence-corrected chi connectivity index (χ4v) is 7.08. The lowest BCUT2D eigenvalue weighted by Gasteiger charge is -2.39. The summed E-state index contributed by atoms with van der Waals surface area (Å²) >= 11 is 2.72. The minimum atomic E-state index is -2.70. The first-order chi connectivity index (χ1) is 21.2. The highest BCUT2D eigenvalue weighted by Crippen LogP contribution is 2.43. The number of carbonyl (C=O) groups excluding carboxylic acids is 2. The van der Waals surface area contributed by atoms with Gasteiger partial charge in [0.25, 0.3) is 5.92 Å². The molecule has 0 aromatic carbocycles. The SMILES string of the molecule is COc1ccc(CC(=O)Nc2nnc(C3CCCC(c4nnc(NC(=O)Cc5cccc(N6CC(F)(F)C6)n5)s4)C3)s2)cn1. The molecule has 12 nitrogen and oxygen atoms in total. The fourth-order valence-electron chi connectivity index (χ4n) is 5.27. The van der Waals surface area contributed by atoms with Crippen LogP contribution < -0.4 is 20.3 Å². The molecule has 6 rings (SSSR count). The molecule has 1 saturated heterocycles. The highest BCUT2D eigenvalue weighted by Gasteiger charge is 2.44. The third-order valence-electron chi connectivity index (χ3n) is 7.42. The smallest absolute Gasteiger partial charge is 0.282 e. The van der Waals surface area contributed by atoms with Crippen molar-refractivity contribution in [2.24, 2.45) is 0 Å². The Balaban J connectivity index is 1.00. The number of hydrogen-bond donors (Lipinski definition) is 2. The van der Waals surface area contributed by atoms with Crippen LogP contribution in [0.4, 0.5) is 24.9 Å². The molecule has 1 saturated carbocycles. The van der Waals surface area contributed by atoms with Crippen LogP contribution in [0.3, 0.4) is 0 Å². The minimum absolute atomic E-state index is 0.00854. The number of alkyl halides is 2. The van der Waals surface area contributed by atoms with Gasteiger partial charge in [-0.25, -0.2) is 18.7 Å². The molecule has 230 valence electrons. The van der Waals surface area contributed by atoms with E-state index in [1.54, 1.807) is 36.5 Å². The van der Waals surface area contributed by atoms with Gasteiger partial charge < -0.3 is 20.3 Å². The normalized spacial score (nSPS) is 19.2. The number of anilines is 3. The number of halogens is 2. The summed E-state index contributed by atoms with van der Waals surface area (Å²) < 4.78 is 31.5. The summed E-state index contributed by atoms with van der Waals surface area (Å²) in [5.74, 6) is -1.95. The quantitative estimate of drug-likeness (QED) is 0.255.